The van der Waals surface area contributed by atoms with Gasteiger partial charge in [0, 0.05) is 19.7 Å². The van der Waals surface area contributed by atoms with Crippen LogP contribution in [0.3, 0.4) is 0 Å². The average Bonchev–Trinajstić information content (AvgIpc) is 2.30. The van der Waals surface area contributed by atoms with E-state index in [0.29, 0.717) is 25.2 Å². The first kappa shape index (κ1) is 14.6. The first-order valence-corrected chi connectivity index (χ1v) is 5.72. The lowest BCUT2D eigenvalue weighted by atomic mass is 10.1. The maximum absolute atomic E-state index is 12.5. The number of hydrogen-bond acceptors (Lipinski definition) is 3. The highest BCUT2D eigenvalue weighted by Gasteiger charge is 2.31. The molecule has 0 saturated heterocycles. The van der Waals surface area contributed by atoms with Crippen LogP contribution in [-0.4, -0.2) is 24.8 Å². The van der Waals surface area contributed by atoms with Gasteiger partial charge in [-0.15, -0.1) is 0 Å². The molecule has 6 heteroatoms. The third-order valence-corrected chi connectivity index (χ3v) is 2.66. The SMILES string of the molecule is CCN(CCCO)c1ccc(C(F)(F)F)cc1N. The number of halogens is 3. The van der Waals surface area contributed by atoms with Crippen molar-refractivity contribution in [2.24, 2.45) is 0 Å². The number of nitrogens with two attached hydrogens (primary N) is 1. The van der Waals surface area contributed by atoms with Gasteiger partial charge in [-0.05, 0) is 31.5 Å². The molecule has 0 spiro atoms. The predicted molar refractivity (Wildman–Crippen MR) is 65.4 cm³/mol. The Labute approximate surface area is 104 Å². The Morgan fingerprint density at radius 3 is 2.44 bits per heavy atom. The van der Waals surface area contributed by atoms with Crippen molar-refractivity contribution >= 4 is 11.4 Å². The predicted octanol–water partition coefficient (Wildman–Crippen LogP) is 2.50. The van der Waals surface area contributed by atoms with Crippen LogP contribution in [-0.2, 0) is 6.18 Å². The summed E-state index contributed by atoms with van der Waals surface area (Å²) in [5.41, 5.74) is 5.58. The van der Waals surface area contributed by atoms with E-state index in [1.807, 2.05) is 11.8 Å². The highest BCUT2D eigenvalue weighted by molar-refractivity contribution is 5.68. The minimum atomic E-state index is -4.38. The first-order valence-electron chi connectivity index (χ1n) is 5.72. The summed E-state index contributed by atoms with van der Waals surface area (Å²) < 4.78 is 37.4. The van der Waals surface area contributed by atoms with Crippen LogP contribution < -0.4 is 10.6 Å². The molecule has 0 amide bonds. The highest BCUT2D eigenvalue weighted by atomic mass is 19.4. The number of hydrogen-bond donors (Lipinski definition) is 2. The number of nitrogen functional groups attached to an aromatic ring is 1. The smallest absolute Gasteiger partial charge is 0.397 e. The van der Waals surface area contributed by atoms with Crippen LogP contribution in [0.5, 0.6) is 0 Å². The molecule has 1 aromatic carbocycles. The number of alkyl halides is 3. The normalized spacial score (nSPS) is 11.6. The van der Waals surface area contributed by atoms with Crippen LogP contribution in [0.2, 0.25) is 0 Å². The van der Waals surface area contributed by atoms with Gasteiger partial charge >= 0.3 is 6.18 Å². The van der Waals surface area contributed by atoms with Gasteiger partial charge in [0.05, 0.1) is 16.9 Å². The molecule has 18 heavy (non-hydrogen) atoms. The second kappa shape index (κ2) is 5.95. The van der Waals surface area contributed by atoms with Crippen molar-refractivity contribution in [1.82, 2.24) is 0 Å². The molecule has 0 bridgehead atoms. The molecule has 0 aliphatic rings. The van der Waals surface area contributed by atoms with Crippen molar-refractivity contribution in [3.05, 3.63) is 23.8 Å². The molecule has 0 aliphatic heterocycles. The summed E-state index contributed by atoms with van der Waals surface area (Å²) in [7, 11) is 0. The third-order valence-electron chi connectivity index (χ3n) is 2.66. The Morgan fingerprint density at radius 1 is 1.33 bits per heavy atom. The standard InChI is InChI=1S/C12H17F3N2O/c1-2-17(6-3-7-18)11-5-4-9(8-10(11)16)12(13,14)15/h4-5,8,18H,2-3,6-7,16H2,1H3. The quantitative estimate of drug-likeness (QED) is 0.801. The number of benzene rings is 1. The monoisotopic (exact) mass is 262 g/mol. The van der Waals surface area contributed by atoms with Crippen molar-refractivity contribution in [1.29, 1.82) is 0 Å². The minimum absolute atomic E-state index is 0.0387. The average molecular weight is 262 g/mol. The molecule has 0 atom stereocenters. The maximum atomic E-state index is 12.5. The number of anilines is 2. The van der Waals surface area contributed by atoms with E-state index in [2.05, 4.69) is 0 Å². The van der Waals surface area contributed by atoms with E-state index in [0.717, 1.165) is 12.1 Å². The lowest BCUT2D eigenvalue weighted by Gasteiger charge is -2.24. The zero-order valence-electron chi connectivity index (χ0n) is 10.2. The Morgan fingerprint density at radius 2 is 2.00 bits per heavy atom. The second-order valence-corrected chi connectivity index (χ2v) is 3.93. The van der Waals surface area contributed by atoms with Gasteiger partial charge in [0.2, 0.25) is 0 Å². The zero-order chi connectivity index (χ0) is 13.8. The summed E-state index contributed by atoms with van der Waals surface area (Å²) in [4.78, 5) is 1.84. The molecule has 1 rings (SSSR count). The molecule has 102 valence electrons. The van der Waals surface area contributed by atoms with E-state index in [1.165, 1.54) is 6.07 Å². The molecule has 0 unspecified atom stereocenters. The molecule has 1 aromatic rings. The zero-order valence-corrected chi connectivity index (χ0v) is 10.2. The van der Waals surface area contributed by atoms with Crippen molar-refractivity contribution < 1.29 is 18.3 Å². The van der Waals surface area contributed by atoms with Crippen LogP contribution in [0.25, 0.3) is 0 Å². The fraction of sp³-hybridized carbons (Fsp3) is 0.500. The molecule has 0 saturated carbocycles. The van der Waals surface area contributed by atoms with Crippen LogP contribution in [0.1, 0.15) is 18.9 Å². The molecule has 0 heterocycles. The maximum Gasteiger partial charge on any atom is 0.416 e. The van der Waals surface area contributed by atoms with E-state index in [1.54, 1.807) is 0 Å². The Kier molecular flexibility index (Phi) is 4.84. The number of aliphatic hydroxyl groups excluding tert-OH is 1. The van der Waals surface area contributed by atoms with E-state index in [4.69, 9.17) is 10.8 Å². The van der Waals surface area contributed by atoms with Crippen LogP contribution in [0, 0.1) is 0 Å². The Hall–Kier alpha value is -1.43. The van der Waals surface area contributed by atoms with Gasteiger partial charge in [0.25, 0.3) is 0 Å². The minimum Gasteiger partial charge on any atom is -0.397 e. The lowest BCUT2D eigenvalue weighted by molar-refractivity contribution is -0.137. The van der Waals surface area contributed by atoms with Gasteiger partial charge in [0.15, 0.2) is 0 Å². The summed E-state index contributed by atoms with van der Waals surface area (Å²) in [5.74, 6) is 0. The van der Waals surface area contributed by atoms with E-state index in [-0.39, 0.29) is 12.3 Å². The fourth-order valence-corrected chi connectivity index (χ4v) is 1.73. The largest absolute Gasteiger partial charge is 0.416 e. The molecule has 3 nitrogen and oxygen atoms in total. The summed E-state index contributed by atoms with van der Waals surface area (Å²) in [5, 5.41) is 8.77. The summed E-state index contributed by atoms with van der Waals surface area (Å²) in [6, 6.07) is 3.34. The number of aliphatic hydroxyl groups is 1. The second-order valence-electron chi connectivity index (χ2n) is 3.93. The van der Waals surface area contributed by atoms with Gasteiger partial charge < -0.3 is 15.7 Å². The fourth-order valence-electron chi connectivity index (χ4n) is 1.73. The summed E-state index contributed by atoms with van der Waals surface area (Å²) in [6.07, 6.45) is -3.83. The molecule has 0 aliphatic carbocycles. The van der Waals surface area contributed by atoms with E-state index in [9.17, 15) is 13.2 Å². The first-order chi connectivity index (χ1) is 8.40. The lowest BCUT2D eigenvalue weighted by Crippen LogP contribution is -2.25. The van der Waals surface area contributed by atoms with Crippen molar-refractivity contribution in [2.45, 2.75) is 19.5 Å². The molecule has 0 radical (unpaired) electrons. The van der Waals surface area contributed by atoms with Crippen molar-refractivity contribution in [3.63, 3.8) is 0 Å². The van der Waals surface area contributed by atoms with E-state index < -0.39 is 11.7 Å². The Bertz CT molecular complexity index is 393. The van der Waals surface area contributed by atoms with Gasteiger partial charge in [-0.2, -0.15) is 13.2 Å². The topological polar surface area (TPSA) is 49.5 Å². The van der Waals surface area contributed by atoms with Gasteiger partial charge in [-0.3, -0.25) is 0 Å². The van der Waals surface area contributed by atoms with Crippen molar-refractivity contribution in [3.8, 4) is 0 Å². The summed E-state index contributed by atoms with van der Waals surface area (Å²) >= 11 is 0. The number of rotatable bonds is 5. The molecular formula is C12H17F3N2O. The van der Waals surface area contributed by atoms with Crippen LogP contribution in [0.15, 0.2) is 18.2 Å². The van der Waals surface area contributed by atoms with Gasteiger partial charge in [-0.1, -0.05) is 0 Å². The third kappa shape index (κ3) is 3.53. The molecule has 0 fully saturated rings. The van der Waals surface area contributed by atoms with Crippen molar-refractivity contribution in [2.75, 3.05) is 30.3 Å². The molecule has 0 aromatic heterocycles. The molecular weight excluding hydrogens is 245 g/mol. The van der Waals surface area contributed by atoms with Crippen LogP contribution >= 0.6 is 0 Å². The van der Waals surface area contributed by atoms with Gasteiger partial charge in [-0.25, -0.2) is 0 Å². The van der Waals surface area contributed by atoms with Gasteiger partial charge in [0.1, 0.15) is 0 Å². The summed E-state index contributed by atoms with van der Waals surface area (Å²) in [6.45, 7) is 3.10. The Balaban J connectivity index is 2.96. The van der Waals surface area contributed by atoms with E-state index >= 15 is 0 Å². The van der Waals surface area contributed by atoms with Crippen LogP contribution in [0.4, 0.5) is 24.5 Å². The molecule has 3 N–H and O–H groups in total. The highest BCUT2D eigenvalue weighted by Crippen LogP contribution is 2.34. The number of nitrogens with zero attached hydrogens (tertiary/aromatic N) is 1.